The smallest absolute Gasteiger partial charge is 0.168 e. The number of hydrogen-bond acceptors (Lipinski definition) is 4. The first-order valence-corrected chi connectivity index (χ1v) is 7.17. The topological polar surface area (TPSA) is 50.7 Å². The van der Waals surface area contributed by atoms with Crippen molar-refractivity contribution in [1.29, 1.82) is 0 Å². The Morgan fingerprint density at radius 3 is 2.95 bits per heavy atom. The second-order valence-corrected chi connectivity index (χ2v) is 5.47. The Hall–Kier alpha value is -1.13. The van der Waals surface area contributed by atoms with Gasteiger partial charge in [0.15, 0.2) is 11.5 Å². The van der Waals surface area contributed by atoms with Crippen LogP contribution in [0.1, 0.15) is 24.8 Å². The molecule has 1 saturated heterocycles. The van der Waals surface area contributed by atoms with Crippen LogP contribution in [0.5, 0.6) is 17.2 Å². The Balaban J connectivity index is 1.97. The monoisotopic (exact) mass is 283 g/mol. The maximum Gasteiger partial charge on any atom is 0.168 e. The molecule has 0 radical (unpaired) electrons. The SMILES string of the molecule is Oc1c(Cl)cc2c(c1CC1CCCN1)OCCCO2. The quantitative estimate of drug-likeness (QED) is 0.876. The van der Waals surface area contributed by atoms with Crippen LogP contribution in [-0.2, 0) is 6.42 Å². The first-order valence-electron chi connectivity index (χ1n) is 6.79. The van der Waals surface area contributed by atoms with Gasteiger partial charge in [0.05, 0.1) is 18.2 Å². The summed E-state index contributed by atoms with van der Waals surface area (Å²) in [6.45, 7) is 2.26. The molecule has 1 atom stereocenters. The van der Waals surface area contributed by atoms with E-state index in [1.165, 1.54) is 6.42 Å². The van der Waals surface area contributed by atoms with Gasteiger partial charge in [0.1, 0.15) is 5.75 Å². The highest BCUT2D eigenvalue weighted by molar-refractivity contribution is 6.32. The van der Waals surface area contributed by atoms with E-state index in [1.807, 2.05) is 0 Å². The second-order valence-electron chi connectivity index (χ2n) is 5.06. The van der Waals surface area contributed by atoms with Crippen molar-refractivity contribution in [2.75, 3.05) is 19.8 Å². The average molecular weight is 284 g/mol. The molecule has 0 aliphatic carbocycles. The summed E-state index contributed by atoms with van der Waals surface area (Å²) in [4.78, 5) is 0. The number of benzene rings is 1. The number of aromatic hydroxyl groups is 1. The van der Waals surface area contributed by atoms with Crippen molar-refractivity contribution in [3.05, 3.63) is 16.7 Å². The van der Waals surface area contributed by atoms with Crippen molar-refractivity contribution in [1.82, 2.24) is 5.32 Å². The molecule has 0 aromatic heterocycles. The molecule has 1 aromatic carbocycles. The molecule has 4 nitrogen and oxygen atoms in total. The Labute approximate surface area is 117 Å². The standard InChI is InChI=1S/C14H18ClNO3/c15-11-8-12-14(19-6-2-5-18-12)10(13(11)17)7-9-3-1-4-16-9/h8-9,16-17H,1-7H2. The zero-order chi connectivity index (χ0) is 13.2. The third kappa shape index (κ3) is 2.60. The van der Waals surface area contributed by atoms with Crippen LogP contribution < -0.4 is 14.8 Å². The van der Waals surface area contributed by atoms with E-state index >= 15 is 0 Å². The molecule has 19 heavy (non-hydrogen) atoms. The summed E-state index contributed by atoms with van der Waals surface area (Å²) < 4.78 is 11.4. The highest BCUT2D eigenvalue weighted by Crippen LogP contribution is 2.44. The lowest BCUT2D eigenvalue weighted by molar-refractivity contribution is 0.295. The van der Waals surface area contributed by atoms with Crippen LogP contribution in [-0.4, -0.2) is 30.9 Å². The van der Waals surface area contributed by atoms with E-state index < -0.39 is 0 Å². The van der Waals surface area contributed by atoms with E-state index in [2.05, 4.69) is 5.32 Å². The van der Waals surface area contributed by atoms with E-state index in [0.717, 1.165) is 31.4 Å². The van der Waals surface area contributed by atoms with E-state index in [9.17, 15) is 5.11 Å². The van der Waals surface area contributed by atoms with E-state index in [1.54, 1.807) is 6.07 Å². The third-order valence-electron chi connectivity index (χ3n) is 3.67. The number of halogens is 1. The highest BCUT2D eigenvalue weighted by Gasteiger charge is 2.25. The third-order valence-corrected chi connectivity index (χ3v) is 3.96. The lowest BCUT2D eigenvalue weighted by Crippen LogP contribution is -2.24. The van der Waals surface area contributed by atoms with E-state index in [-0.39, 0.29) is 5.75 Å². The molecule has 2 heterocycles. The van der Waals surface area contributed by atoms with Crippen molar-refractivity contribution in [3.8, 4) is 17.2 Å². The van der Waals surface area contributed by atoms with Gasteiger partial charge in [-0.25, -0.2) is 0 Å². The number of fused-ring (bicyclic) bond motifs is 1. The summed E-state index contributed by atoms with van der Waals surface area (Å²) in [6.07, 6.45) is 3.85. The van der Waals surface area contributed by atoms with E-state index in [4.69, 9.17) is 21.1 Å². The van der Waals surface area contributed by atoms with Crippen LogP contribution in [0.2, 0.25) is 5.02 Å². The van der Waals surface area contributed by atoms with Gasteiger partial charge in [0, 0.05) is 24.1 Å². The van der Waals surface area contributed by atoms with Gasteiger partial charge in [-0.15, -0.1) is 0 Å². The van der Waals surface area contributed by atoms with Crippen molar-refractivity contribution >= 4 is 11.6 Å². The molecule has 5 heteroatoms. The molecule has 3 rings (SSSR count). The Kier molecular flexibility index (Phi) is 3.71. The normalized spacial score (nSPS) is 22.3. The van der Waals surface area contributed by atoms with Crippen LogP contribution in [0.15, 0.2) is 6.07 Å². The van der Waals surface area contributed by atoms with Crippen LogP contribution in [0.4, 0.5) is 0 Å². The lowest BCUT2D eigenvalue weighted by Gasteiger charge is -2.18. The fourth-order valence-corrected chi connectivity index (χ4v) is 2.91. The van der Waals surface area contributed by atoms with Crippen molar-refractivity contribution in [3.63, 3.8) is 0 Å². The summed E-state index contributed by atoms with van der Waals surface area (Å²) in [5, 5.41) is 14.0. The molecule has 2 aliphatic heterocycles. The summed E-state index contributed by atoms with van der Waals surface area (Å²) in [5.74, 6) is 1.43. The number of ether oxygens (including phenoxy) is 2. The lowest BCUT2D eigenvalue weighted by atomic mass is 10.0. The predicted octanol–water partition coefficient (Wildman–Crippen LogP) is 2.50. The molecule has 0 amide bonds. The molecule has 1 fully saturated rings. The highest BCUT2D eigenvalue weighted by atomic mass is 35.5. The maximum atomic E-state index is 10.2. The van der Waals surface area contributed by atoms with Crippen molar-refractivity contribution < 1.29 is 14.6 Å². The van der Waals surface area contributed by atoms with Gasteiger partial charge in [-0.2, -0.15) is 0 Å². The first kappa shape index (κ1) is 12.9. The molecular weight excluding hydrogens is 266 g/mol. The Morgan fingerprint density at radius 2 is 2.16 bits per heavy atom. The van der Waals surface area contributed by atoms with Crippen molar-refractivity contribution in [2.45, 2.75) is 31.7 Å². The summed E-state index contributed by atoms with van der Waals surface area (Å²) >= 11 is 6.08. The molecule has 1 unspecified atom stereocenters. The van der Waals surface area contributed by atoms with E-state index in [0.29, 0.717) is 35.8 Å². The summed E-state index contributed by atoms with van der Waals surface area (Å²) in [7, 11) is 0. The number of phenols is 1. The van der Waals surface area contributed by atoms with Crippen LogP contribution in [0, 0.1) is 0 Å². The molecular formula is C14H18ClNO3. The van der Waals surface area contributed by atoms with Gasteiger partial charge in [-0.1, -0.05) is 11.6 Å². The molecule has 0 spiro atoms. The molecule has 2 aliphatic rings. The fourth-order valence-electron chi connectivity index (χ4n) is 2.70. The molecule has 104 valence electrons. The first-order chi connectivity index (χ1) is 9.25. The molecule has 2 N–H and O–H groups in total. The number of phenolic OH excluding ortho intramolecular Hbond substituents is 1. The predicted molar refractivity (Wildman–Crippen MR) is 73.5 cm³/mol. The van der Waals surface area contributed by atoms with Crippen LogP contribution >= 0.6 is 11.6 Å². The minimum Gasteiger partial charge on any atom is -0.506 e. The number of rotatable bonds is 2. The summed E-state index contributed by atoms with van der Waals surface area (Å²) in [6, 6.07) is 2.02. The zero-order valence-electron chi connectivity index (χ0n) is 10.7. The fraction of sp³-hybridized carbons (Fsp3) is 0.571. The minimum atomic E-state index is 0.125. The molecule has 1 aromatic rings. The van der Waals surface area contributed by atoms with Gasteiger partial charge in [0.25, 0.3) is 0 Å². The average Bonchev–Trinajstić information content (AvgIpc) is 2.80. The van der Waals surface area contributed by atoms with Gasteiger partial charge >= 0.3 is 0 Å². The summed E-state index contributed by atoms with van der Waals surface area (Å²) in [5.41, 5.74) is 0.767. The van der Waals surface area contributed by atoms with Gasteiger partial charge in [-0.05, 0) is 25.8 Å². The van der Waals surface area contributed by atoms with Gasteiger partial charge < -0.3 is 19.9 Å². The van der Waals surface area contributed by atoms with Crippen LogP contribution in [0.25, 0.3) is 0 Å². The maximum absolute atomic E-state index is 10.2. The molecule has 0 bridgehead atoms. The Morgan fingerprint density at radius 1 is 1.32 bits per heavy atom. The largest absolute Gasteiger partial charge is 0.506 e. The number of hydrogen-bond donors (Lipinski definition) is 2. The zero-order valence-corrected chi connectivity index (χ0v) is 11.5. The second kappa shape index (κ2) is 5.47. The van der Waals surface area contributed by atoms with Gasteiger partial charge in [-0.3, -0.25) is 0 Å². The Bertz CT molecular complexity index is 472. The van der Waals surface area contributed by atoms with Gasteiger partial charge in [0.2, 0.25) is 0 Å². The minimum absolute atomic E-state index is 0.125. The number of nitrogens with one attached hydrogen (secondary N) is 1. The molecule has 0 saturated carbocycles. The van der Waals surface area contributed by atoms with Crippen molar-refractivity contribution in [2.24, 2.45) is 0 Å². The van der Waals surface area contributed by atoms with Crippen LogP contribution in [0.3, 0.4) is 0 Å².